The molecule has 1 fully saturated rings. The zero-order valence-corrected chi connectivity index (χ0v) is 11.3. The monoisotopic (exact) mass is 286 g/mol. The molecule has 1 aliphatic rings. The predicted octanol–water partition coefficient (Wildman–Crippen LogP) is 2.89. The predicted molar refractivity (Wildman–Crippen MR) is 71.2 cm³/mol. The molecule has 0 aliphatic carbocycles. The first-order chi connectivity index (χ1) is 9.38. The standard InChI is InChI=1S/C14H17F3N2O/c1-3-11-8-12(14(15,16)17)10-13(9-11)20-19-6-4-18(2)5-7-19/h3,8-10H,1,4-7H2,2H3. The number of halogens is 3. The molecule has 0 spiro atoms. The van der Waals surface area contributed by atoms with Gasteiger partial charge < -0.3 is 9.74 Å². The van der Waals surface area contributed by atoms with E-state index in [-0.39, 0.29) is 5.75 Å². The fraction of sp³-hybridized carbons (Fsp3) is 0.429. The summed E-state index contributed by atoms with van der Waals surface area (Å²) in [6.45, 7) is 6.49. The highest BCUT2D eigenvalue weighted by Crippen LogP contribution is 2.33. The molecule has 110 valence electrons. The van der Waals surface area contributed by atoms with E-state index in [1.54, 1.807) is 11.1 Å². The number of benzene rings is 1. The summed E-state index contributed by atoms with van der Waals surface area (Å²) in [4.78, 5) is 7.68. The molecule has 1 aromatic carbocycles. The van der Waals surface area contributed by atoms with Crippen molar-refractivity contribution >= 4 is 6.08 Å². The van der Waals surface area contributed by atoms with Crippen molar-refractivity contribution in [2.24, 2.45) is 0 Å². The number of rotatable bonds is 3. The Morgan fingerprint density at radius 3 is 2.35 bits per heavy atom. The van der Waals surface area contributed by atoms with Crippen molar-refractivity contribution in [2.45, 2.75) is 6.18 Å². The Bertz CT molecular complexity index is 480. The Labute approximate surface area is 116 Å². The van der Waals surface area contributed by atoms with Crippen LogP contribution in [0.3, 0.4) is 0 Å². The first-order valence-electron chi connectivity index (χ1n) is 6.34. The SMILES string of the molecule is C=Cc1cc(ON2CCN(C)CC2)cc(C(F)(F)F)c1. The van der Waals surface area contributed by atoms with Gasteiger partial charge in [0.1, 0.15) is 5.75 Å². The van der Waals surface area contributed by atoms with Crippen LogP contribution in [0.15, 0.2) is 24.8 Å². The van der Waals surface area contributed by atoms with Crippen molar-refractivity contribution < 1.29 is 18.0 Å². The van der Waals surface area contributed by atoms with Gasteiger partial charge in [-0.3, -0.25) is 0 Å². The van der Waals surface area contributed by atoms with Crippen LogP contribution in [0.2, 0.25) is 0 Å². The summed E-state index contributed by atoms with van der Waals surface area (Å²) < 4.78 is 38.4. The number of likely N-dealkylation sites (N-methyl/N-ethyl adjacent to an activating group) is 1. The average Bonchev–Trinajstić information content (AvgIpc) is 2.40. The minimum absolute atomic E-state index is 0.194. The van der Waals surface area contributed by atoms with E-state index >= 15 is 0 Å². The second-order valence-electron chi connectivity index (χ2n) is 4.82. The largest absolute Gasteiger partial charge is 0.416 e. The maximum absolute atomic E-state index is 12.8. The van der Waals surface area contributed by atoms with Crippen LogP contribution in [0.4, 0.5) is 13.2 Å². The van der Waals surface area contributed by atoms with Gasteiger partial charge in [-0.1, -0.05) is 12.7 Å². The Morgan fingerprint density at radius 2 is 1.80 bits per heavy atom. The maximum Gasteiger partial charge on any atom is 0.416 e. The van der Waals surface area contributed by atoms with Crippen molar-refractivity contribution in [3.63, 3.8) is 0 Å². The number of alkyl halides is 3. The third-order valence-electron chi connectivity index (χ3n) is 3.19. The number of hydrogen-bond acceptors (Lipinski definition) is 3. The van der Waals surface area contributed by atoms with Gasteiger partial charge in [-0.15, -0.1) is 5.06 Å². The highest BCUT2D eigenvalue weighted by molar-refractivity contribution is 5.52. The fourth-order valence-corrected chi connectivity index (χ4v) is 1.98. The smallest absolute Gasteiger partial charge is 0.406 e. The van der Waals surface area contributed by atoms with Crippen LogP contribution in [-0.4, -0.2) is 43.2 Å². The van der Waals surface area contributed by atoms with Gasteiger partial charge in [0.15, 0.2) is 0 Å². The number of hydrogen-bond donors (Lipinski definition) is 0. The summed E-state index contributed by atoms with van der Waals surface area (Å²) in [5, 5.41) is 1.68. The molecule has 0 N–H and O–H groups in total. The van der Waals surface area contributed by atoms with Gasteiger partial charge in [0, 0.05) is 26.2 Å². The molecule has 0 bridgehead atoms. The van der Waals surface area contributed by atoms with Crippen molar-refractivity contribution in [1.29, 1.82) is 0 Å². The van der Waals surface area contributed by atoms with Crippen LogP contribution in [0, 0.1) is 0 Å². The highest BCUT2D eigenvalue weighted by atomic mass is 19.4. The maximum atomic E-state index is 12.8. The van der Waals surface area contributed by atoms with Gasteiger partial charge in [0.05, 0.1) is 5.56 Å². The van der Waals surface area contributed by atoms with Gasteiger partial charge in [-0.2, -0.15) is 13.2 Å². The average molecular weight is 286 g/mol. The zero-order chi connectivity index (χ0) is 14.8. The lowest BCUT2D eigenvalue weighted by Gasteiger charge is -2.31. The molecule has 0 aromatic heterocycles. The molecule has 1 aliphatic heterocycles. The lowest BCUT2D eigenvalue weighted by atomic mass is 10.1. The van der Waals surface area contributed by atoms with E-state index in [1.165, 1.54) is 6.08 Å². The minimum atomic E-state index is -4.39. The quantitative estimate of drug-likeness (QED) is 0.849. The molecule has 6 heteroatoms. The molecule has 1 aromatic rings. The van der Waals surface area contributed by atoms with Crippen LogP contribution in [0.1, 0.15) is 11.1 Å². The van der Waals surface area contributed by atoms with Crippen molar-refractivity contribution in [2.75, 3.05) is 33.2 Å². The molecule has 0 unspecified atom stereocenters. The highest BCUT2D eigenvalue weighted by Gasteiger charge is 2.31. The molecule has 0 saturated carbocycles. The van der Waals surface area contributed by atoms with E-state index in [9.17, 15) is 13.2 Å². The van der Waals surface area contributed by atoms with E-state index in [0.29, 0.717) is 18.7 Å². The van der Waals surface area contributed by atoms with E-state index in [0.717, 1.165) is 25.2 Å². The third-order valence-corrected chi connectivity index (χ3v) is 3.19. The molecular weight excluding hydrogens is 269 g/mol. The van der Waals surface area contributed by atoms with E-state index in [1.807, 2.05) is 7.05 Å². The zero-order valence-electron chi connectivity index (χ0n) is 11.3. The summed E-state index contributed by atoms with van der Waals surface area (Å²) in [6, 6.07) is 3.63. The Kier molecular flexibility index (Phi) is 4.35. The molecule has 2 rings (SSSR count). The second kappa shape index (κ2) is 5.85. The Morgan fingerprint density at radius 1 is 1.15 bits per heavy atom. The van der Waals surface area contributed by atoms with Crippen LogP contribution in [0.5, 0.6) is 5.75 Å². The first-order valence-corrected chi connectivity index (χ1v) is 6.34. The van der Waals surface area contributed by atoms with Gasteiger partial charge in [0.25, 0.3) is 0 Å². The molecule has 0 amide bonds. The summed E-state index contributed by atoms with van der Waals surface area (Å²) >= 11 is 0. The Balaban J connectivity index is 2.16. The molecule has 1 heterocycles. The minimum Gasteiger partial charge on any atom is -0.406 e. The second-order valence-corrected chi connectivity index (χ2v) is 4.82. The molecule has 0 radical (unpaired) electrons. The molecule has 20 heavy (non-hydrogen) atoms. The number of hydroxylamine groups is 2. The summed E-state index contributed by atoms with van der Waals surface area (Å²) in [7, 11) is 2.00. The van der Waals surface area contributed by atoms with Crippen molar-refractivity contribution in [1.82, 2.24) is 9.96 Å². The topological polar surface area (TPSA) is 15.7 Å². The lowest BCUT2D eigenvalue weighted by Crippen LogP contribution is -2.45. The van der Waals surface area contributed by atoms with Gasteiger partial charge in [0.2, 0.25) is 0 Å². The van der Waals surface area contributed by atoms with Crippen LogP contribution in [0.25, 0.3) is 6.08 Å². The van der Waals surface area contributed by atoms with Crippen LogP contribution < -0.4 is 4.84 Å². The lowest BCUT2D eigenvalue weighted by molar-refractivity contribution is -0.138. The van der Waals surface area contributed by atoms with Crippen LogP contribution in [-0.2, 0) is 6.18 Å². The summed E-state index contributed by atoms with van der Waals surface area (Å²) in [5.41, 5.74) is -0.331. The molecular formula is C14H17F3N2O. The molecule has 0 atom stereocenters. The summed E-state index contributed by atoms with van der Waals surface area (Å²) in [6.07, 6.45) is -3.01. The van der Waals surface area contributed by atoms with E-state index in [4.69, 9.17) is 4.84 Å². The van der Waals surface area contributed by atoms with Crippen molar-refractivity contribution in [3.05, 3.63) is 35.9 Å². The van der Waals surface area contributed by atoms with E-state index < -0.39 is 11.7 Å². The fourth-order valence-electron chi connectivity index (χ4n) is 1.98. The van der Waals surface area contributed by atoms with Crippen LogP contribution >= 0.6 is 0 Å². The van der Waals surface area contributed by atoms with E-state index in [2.05, 4.69) is 11.5 Å². The van der Waals surface area contributed by atoms with Gasteiger partial charge in [-0.25, -0.2) is 0 Å². The van der Waals surface area contributed by atoms with Gasteiger partial charge >= 0.3 is 6.18 Å². The Hall–Kier alpha value is -1.53. The summed E-state index contributed by atoms with van der Waals surface area (Å²) in [5.74, 6) is 0.194. The first kappa shape index (κ1) is 14.9. The number of nitrogens with zero attached hydrogens (tertiary/aromatic N) is 2. The molecule has 3 nitrogen and oxygen atoms in total. The number of piperazine rings is 1. The van der Waals surface area contributed by atoms with Gasteiger partial charge in [-0.05, 0) is 30.8 Å². The molecule has 1 saturated heterocycles. The third kappa shape index (κ3) is 3.74. The normalized spacial score (nSPS) is 18.0. The van der Waals surface area contributed by atoms with Crippen molar-refractivity contribution in [3.8, 4) is 5.75 Å².